The van der Waals surface area contributed by atoms with E-state index in [1.807, 2.05) is 6.92 Å². The quantitative estimate of drug-likeness (QED) is 0.917. The van der Waals surface area contributed by atoms with Crippen molar-refractivity contribution in [2.75, 3.05) is 21.3 Å². The van der Waals surface area contributed by atoms with Gasteiger partial charge in [0.2, 0.25) is 5.75 Å². The second-order valence-electron chi connectivity index (χ2n) is 4.08. The van der Waals surface area contributed by atoms with E-state index in [2.05, 4.69) is 4.98 Å². The minimum absolute atomic E-state index is 0.0941. The van der Waals surface area contributed by atoms with Crippen molar-refractivity contribution >= 4 is 10.9 Å². The first-order valence-corrected chi connectivity index (χ1v) is 6.01. The van der Waals surface area contributed by atoms with Gasteiger partial charge in [-0.05, 0) is 6.42 Å². The van der Waals surface area contributed by atoms with E-state index in [0.29, 0.717) is 28.2 Å². The molecule has 0 unspecified atom stereocenters. The molecule has 0 aliphatic carbocycles. The summed E-state index contributed by atoms with van der Waals surface area (Å²) in [5, 5.41) is 0.470. The SMILES string of the molecule is CCc1cc(=O)c2c(OC)c(OC)c(OC)cc2[nH]1. The number of nitrogens with one attached hydrogen (secondary N) is 1. The summed E-state index contributed by atoms with van der Waals surface area (Å²) in [7, 11) is 4.57. The molecule has 2 rings (SSSR count). The van der Waals surface area contributed by atoms with Gasteiger partial charge in [0.15, 0.2) is 16.9 Å². The highest BCUT2D eigenvalue weighted by molar-refractivity contribution is 5.90. The Labute approximate surface area is 111 Å². The molecule has 0 radical (unpaired) electrons. The summed E-state index contributed by atoms with van der Waals surface area (Å²) in [6.07, 6.45) is 0.752. The summed E-state index contributed by atoms with van der Waals surface area (Å²) >= 11 is 0. The minimum atomic E-state index is -0.0941. The Morgan fingerprint density at radius 3 is 2.26 bits per heavy atom. The number of H-pyrrole nitrogens is 1. The van der Waals surface area contributed by atoms with Gasteiger partial charge in [0.1, 0.15) is 0 Å². The first kappa shape index (κ1) is 13.3. The molecule has 5 heteroatoms. The van der Waals surface area contributed by atoms with Gasteiger partial charge in [-0.25, -0.2) is 0 Å². The van der Waals surface area contributed by atoms with E-state index >= 15 is 0 Å². The van der Waals surface area contributed by atoms with Crippen molar-refractivity contribution in [1.29, 1.82) is 0 Å². The van der Waals surface area contributed by atoms with Crippen LogP contribution in [0.1, 0.15) is 12.6 Å². The summed E-state index contributed by atoms with van der Waals surface area (Å²) < 4.78 is 15.9. The average molecular weight is 263 g/mol. The van der Waals surface area contributed by atoms with Crippen LogP contribution in [0, 0.1) is 0 Å². The molecule has 5 nitrogen and oxygen atoms in total. The summed E-state index contributed by atoms with van der Waals surface area (Å²) in [4.78, 5) is 15.4. The number of hydrogen-bond acceptors (Lipinski definition) is 4. The number of rotatable bonds is 4. The Bertz CT molecular complexity index is 661. The van der Waals surface area contributed by atoms with E-state index in [9.17, 15) is 4.79 Å². The van der Waals surface area contributed by atoms with Crippen LogP contribution in [0.3, 0.4) is 0 Å². The molecule has 2 aromatic rings. The Morgan fingerprint density at radius 1 is 1.05 bits per heavy atom. The van der Waals surface area contributed by atoms with E-state index in [0.717, 1.165) is 12.1 Å². The topological polar surface area (TPSA) is 60.6 Å². The number of hydrogen-bond donors (Lipinski definition) is 1. The van der Waals surface area contributed by atoms with Crippen LogP contribution < -0.4 is 19.6 Å². The molecule has 1 N–H and O–H groups in total. The van der Waals surface area contributed by atoms with Crippen LogP contribution in [0.5, 0.6) is 17.2 Å². The number of fused-ring (bicyclic) bond motifs is 1. The molecule has 0 atom stereocenters. The van der Waals surface area contributed by atoms with Crippen molar-refractivity contribution in [3.05, 3.63) is 28.0 Å². The molecule has 0 spiro atoms. The Kier molecular flexibility index (Phi) is 3.64. The fraction of sp³-hybridized carbons (Fsp3) is 0.357. The molecule has 0 amide bonds. The zero-order valence-electron chi connectivity index (χ0n) is 11.5. The second kappa shape index (κ2) is 5.22. The van der Waals surface area contributed by atoms with Crippen molar-refractivity contribution < 1.29 is 14.2 Å². The van der Waals surface area contributed by atoms with E-state index in [4.69, 9.17) is 14.2 Å². The highest BCUT2D eigenvalue weighted by Crippen LogP contribution is 2.41. The Hall–Kier alpha value is -2.17. The van der Waals surface area contributed by atoms with Crippen molar-refractivity contribution in [3.63, 3.8) is 0 Å². The van der Waals surface area contributed by atoms with Gasteiger partial charge in [-0.1, -0.05) is 6.92 Å². The van der Waals surface area contributed by atoms with Crippen LogP contribution in [0.25, 0.3) is 10.9 Å². The maximum Gasteiger partial charge on any atom is 0.204 e. The predicted molar refractivity (Wildman–Crippen MR) is 73.6 cm³/mol. The standard InChI is InChI=1S/C14H17NO4/c1-5-8-6-10(16)12-9(15-8)7-11(17-2)13(18-3)14(12)19-4/h6-7H,5H2,1-4H3,(H,15,16). The number of ether oxygens (including phenoxy) is 3. The van der Waals surface area contributed by atoms with Crippen LogP contribution in [-0.2, 0) is 6.42 Å². The Balaban J connectivity index is 2.92. The van der Waals surface area contributed by atoms with Gasteiger partial charge in [-0.15, -0.1) is 0 Å². The van der Waals surface area contributed by atoms with Gasteiger partial charge in [0.25, 0.3) is 0 Å². The highest BCUT2D eigenvalue weighted by atomic mass is 16.5. The second-order valence-corrected chi connectivity index (χ2v) is 4.08. The molecule has 0 saturated heterocycles. The normalized spacial score (nSPS) is 10.5. The molecule has 1 aromatic heterocycles. The van der Waals surface area contributed by atoms with Gasteiger partial charge >= 0.3 is 0 Å². The fourth-order valence-corrected chi connectivity index (χ4v) is 2.13. The summed E-state index contributed by atoms with van der Waals surface area (Å²) in [5.74, 6) is 1.34. The summed E-state index contributed by atoms with van der Waals surface area (Å²) in [5.41, 5.74) is 1.45. The maximum absolute atomic E-state index is 12.2. The summed E-state index contributed by atoms with van der Waals surface area (Å²) in [6, 6.07) is 3.33. The Morgan fingerprint density at radius 2 is 1.74 bits per heavy atom. The lowest BCUT2D eigenvalue weighted by atomic mass is 10.1. The number of methoxy groups -OCH3 is 3. The lowest BCUT2D eigenvalue weighted by Crippen LogP contribution is -2.08. The zero-order valence-corrected chi connectivity index (χ0v) is 11.5. The average Bonchev–Trinajstić information content (AvgIpc) is 2.44. The summed E-state index contributed by atoms with van der Waals surface area (Å²) in [6.45, 7) is 1.98. The van der Waals surface area contributed by atoms with Gasteiger partial charge < -0.3 is 19.2 Å². The smallest absolute Gasteiger partial charge is 0.204 e. The first-order valence-electron chi connectivity index (χ1n) is 6.01. The highest BCUT2D eigenvalue weighted by Gasteiger charge is 2.18. The maximum atomic E-state index is 12.2. The molecular formula is C14H17NO4. The van der Waals surface area contributed by atoms with Crippen LogP contribution >= 0.6 is 0 Å². The number of pyridine rings is 1. The van der Waals surface area contributed by atoms with Crippen LogP contribution in [0.2, 0.25) is 0 Å². The van der Waals surface area contributed by atoms with E-state index in [1.165, 1.54) is 14.2 Å². The largest absolute Gasteiger partial charge is 0.493 e. The van der Waals surface area contributed by atoms with Gasteiger partial charge in [0.05, 0.1) is 32.2 Å². The van der Waals surface area contributed by atoms with Crippen molar-refractivity contribution in [3.8, 4) is 17.2 Å². The molecule has 1 heterocycles. The zero-order chi connectivity index (χ0) is 14.0. The molecule has 0 aliphatic heterocycles. The fourth-order valence-electron chi connectivity index (χ4n) is 2.13. The van der Waals surface area contributed by atoms with E-state index in [-0.39, 0.29) is 5.43 Å². The number of aryl methyl sites for hydroxylation is 1. The molecule has 0 bridgehead atoms. The molecule has 0 saturated carbocycles. The lowest BCUT2D eigenvalue weighted by Gasteiger charge is -2.14. The van der Waals surface area contributed by atoms with E-state index in [1.54, 1.807) is 19.2 Å². The number of aromatic nitrogens is 1. The molecule has 19 heavy (non-hydrogen) atoms. The third-order valence-electron chi connectivity index (χ3n) is 3.06. The number of aromatic amines is 1. The third-order valence-corrected chi connectivity index (χ3v) is 3.06. The molecular weight excluding hydrogens is 246 g/mol. The monoisotopic (exact) mass is 263 g/mol. The van der Waals surface area contributed by atoms with Gasteiger partial charge in [-0.2, -0.15) is 0 Å². The molecule has 0 aliphatic rings. The van der Waals surface area contributed by atoms with Crippen molar-refractivity contribution in [1.82, 2.24) is 4.98 Å². The van der Waals surface area contributed by atoms with Crippen LogP contribution in [0.15, 0.2) is 16.9 Å². The third kappa shape index (κ3) is 2.12. The number of benzene rings is 1. The van der Waals surface area contributed by atoms with Crippen molar-refractivity contribution in [2.45, 2.75) is 13.3 Å². The van der Waals surface area contributed by atoms with Crippen LogP contribution in [0.4, 0.5) is 0 Å². The van der Waals surface area contributed by atoms with Crippen molar-refractivity contribution in [2.24, 2.45) is 0 Å². The van der Waals surface area contributed by atoms with E-state index < -0.39 is 0 Å². The van der Waals surface area contributed by atoms with Crippen LogP contribution in [-0.4, -0.2) is 26.3 Å². The predicted octanol–water partition coefficient (Wildman–Crippen LogP) is 2.12. The first-order chi connectivity index (χ1) is 9.15. The minimum Gasteiger partial charge on any atom is -0.493 e. The molecule has 102 valence electrons. The lowest BCUT2D eigenvalue weighted by molar-refractivity contribution is 0.327. The molecule has 0 fully saturated rings. The van der Waals surface area contributed by atoms with Gasteiger partial charge in [0, 0.05) is 17.8 Å². The molecule has 1 aromatic carbocycles. The van der Waals surface area contributed by atoms with Gasteiger partial charge in [-0.3, -0.25) is 4.79 Å².